The number of carbonyl (C=O) groups is 2. The number of carbonyl (C=O) groups excluding carboxylic acids is 2. The first-order valence-corrected chi connectivity index (χ1v) is 9.53. The molecule has 2 aromatic rings. The molecule has 1 heterocycles. The van der Waals surface area contributed by atoms with E-state index in [-0.39, 0.29) is 5.91 Å². The zero-order valence-corrected chi connectivity index (χ0v) is 15.5. The summed E-state index contributed by atoms with van der Waals surface area (Å²) in [5, 5.41) is 2.54. The maximum Gasteiger partial charge on any atom is 0.312 e. The smallest absolute Gasteiger partial charge is 0.312 e. The van der Waals surface area contributed by atoms with Crippen molar-refractivity contribution in [1.29, 1.82) is 0 Å². The molecular weight excluding hydrogens is 342 g/mol. The van der Waals surface area contributed by atoms with Crippen molar-refractivity contribution >= 4 is 11.9 Å². The number of primary amides is 1. The summed E-state index contributed by atoms with van der Waals surface area (Å²) in [6, 6.07) is 11.1. The number of nitrogens with two attached hydrogens (primary N) is 1. The van der Waals surface area contributed by atoms with Gasteiger partial charge in [0.05, 0.1) is 6.54 Å². The predicted octanol–water partition coefficient (Wildman–Crippen LogP) is 3.38. The van der Waals surface area contributed by atoms with Gasteiger partial charge in [-0.05, 0) is 55.0 Å². The number of nitrogens with zero attached hydrogens (tertiary/aromatic N) is 1. The fourth-order valence-corrected chi connectivity index (χ4v) is 3.44. The van der Waals surface area contributed by atoms with Crippen molar-refractivity contribution in [2.45, 2.75) is 51.2 Å². The molecule has 4 rings (SSSR count). The van der Waals surface area contributed by atoms with Gasteiger partial charge >= 0.3 is 6.03 Å². The third-order valence-electron chi connectivity index (χ3n) is 5.40. The monoisotopic (exact) mass is 367 g/mol. The molecule has 3 amide bonds. The van der Waals surface area contributed by atoms with E-state index >= 15 is 0 Å². The molecule has 2 fully saturated rings. The predicted molar refractivity (Wildman–Crippen MR) is 101 cm³/mol. The first-order valence-electron chi connectivity index (χ1n) is 9.53. The second-order valence-corrected chi connectivity index (χ2v) is 7.70. The Bertz CT molecular complexity index is 839. The molecule has 0 unspecified atom stereocenters. The molecule has 0 radical (unpaired) electrons. The quantitative estimate of drug-likeness (QED) is 0.786. The van der Waals surface area contributed by atoms with Crippen LogP contribution < -0.4 is 11.1 Å². The highest BCUT2D eigenvalue weighted by molar-refractivity contribution is 5.94. The van der Waals surface area contributed by atoms with Crippen LogP contribution in [0.3, 0.4) is 0 Å². The van der Waals surface area contributed by atoms with Gasteiger partial charge < -0.3 is 20.4 Å². The Balaban J connectivity index is 1.43. The molecule has 1 aromatic heterocycles. The largest absolute Gasteiger partial charge is 0.464 e. The lowest BCUT2D eigenvalue weighted by Gasteiger charge is -2.21. The maximum atomic E-state index is 13.0. The molecular formula is C21H25N3O3. The van der Waals surface area contributed by atoms with Crippen LogP contribution in [0.1, 0.15) is 59.5 Å². The van der Waals surface area contributed by atoms with E-state index in [2.05, 4.69) is 18.3 Å². The summed E-state index contributed by atoms with van der Waals surface area (Å²) < 4.78 is 6.00. The molecule has 0 aliphatic heterocycles. The zero-order valence-electron chi connectivity index (χ0n) is 15.5. The highest BCUT2D eigenvalue weighted by Gasteiger charge is 2.37. The molecule has 1 aromatic carbocycles. The number of hydrogen-bond acceptors (Lipinski definition) is 3. The zero-order chi connectivity index (χ0) is 19.0. The Morgan fingerprint density at radius 2 is 1.89 bits per heavy atom. The second kappa shape index (κ2) is 7.10. The van der Waals surface area contributed by atoms with Crippen molar-refractivity contribution < 1.29 is 14.0 Å². The van der Waals surface area contributed by atoms with Crippen LogP contribution in [0.15, 0.2) is 40.8 Å². The van der Waals surface area contributed by atoms with Crippen LogP contribution in [0.5, 0.6) is 0 Å². The molecule has 6 heteroatoms. The molecule has 6 nitrogen and oxygen atoms in total. The summed E-state index contributed by atoms with van der Waals surface area (Å²) in [5.41, 5.74) is 6.63. The number of amides is 3. The van der Waals surface area contributed by atoms with Gasteiger partial charge in [-0.1, -0.05) is 19.1 Å². The van der Waals surface area contributed by atoms with Crippen molar-refractivity contribution in [3.63, 3.8) is 0 Å². The number of nitrogens with one attached hydrogen (secondary N) is 1. The Kier molecular flexibility index (Phi) is 4.64. The van der Waals surface area contributed by atoms with Gasteiger partial charge in [-0.2, -0.15) is 0 Å². The fraction of sp³-hybridized carbons (Fsp3) is 0.429. The number of hydrogen-bond donors (Lipinski definition) is 2. The van der Waals surface area contributed by atoms with Gasteiger partial charge in [-0.25, -0.2) is 4.79 Å². The first kappa shape index (κ1) is 17.6. The van der Waals surface area contributed by atoms with E-state index in [0.29, 0.717) is 36.5 Å². The summed E-state index contributed by atoms with van der Waals surface area (Å²) in [7, 11) is 0. The Morgan fingerprint density at radius 1 is 1.19 bits per heavy atom. The topological polar surface area (TPSA) is 88.6 Å². The van der Waals surface area contributed by atoms with Crippen molar-refractivity contribution in [3.8, 4) is 0 Å². The molecule has 0 bridgehead atoms. The SMILES string of the molecule is C[C@H]1C[C@@H]1c1ccc(CN(C(=O)c2ccc(CNC(N)=O)cc2)C2CC2)o1. The van der Waals surface area contributed by atoms with Crippen molar-refractivity contribution in [3.05, 3.63) is 59.0 Å². The molecule has 3 N–H and O–H groups in total. The summed E-state index contributed by atoms with van der Waals surface area (Å²) in [6.07, 6.45) is 3.27. The normalized spacial score (nSPS) is 20.9. The summed E-state index contributed by atoms with van der Waals surface area (Å²) >= 11 is 0. The summed E-state index contributed by atoms with van der Waals surface area (Å²) in [5.74, 6) is 3.17. The van der Waals surface area contributed by atoms with Crippen LogP contribution in [0, 0.1) is 5.92 Å². The van der Waals surface area contributed by atoms with Gasteiger partial charge in [-0.15, -0.1) is 0 Å². The average molecular weight is 367 g/mol. The van der Waals surface area contributed by atoms with E-state index < -0.39 is 6.03 Å². The Labute approximate surface area is 158 Å². The van der Waals surface area contributed by atoms with E-state index in [9.17, 15) is 9.59 Å². The number of rotatable bonds is 7. The molecule has 0 spiro atoms. The van der Waals surface area contributed by atoms with Gasteiger partial charge in [0.25, 0.3) is 5.91 Å². The number of furan rings is 1. The molecule has 0 saturated heterocycles. The standard InChI is InChI=1S/C21H25N3O3/c1-13-10-18(13)19-9-8-17(27-19)12-24(16-6-7-16)20(25)15-4-2-14(3-5-15)11-23-21(22)26/h2-5,8-9,13,16,18H,6-7,10-12H2,1H3,(H3,22,23,26)/t13-,18-/m0/s1. The third kappa shape index (κ3) is 4.15. The van der Waals surface area contributed by atoms with Gasteiger partial charge in [0, 0.05) is 24.1 Å². The average Bonchev–Trinajstić information content (AvgIpc) is 3.58. The number of urea groups is 1. The van der Waals surface area contributed by atoms with Gasteiger partial charge in [0.2, 0.25) is 0 Å². The third-order valence-corrected chi connectivity index (χ3v) is 5.40. The molecule has 2 saturated carbocycles. The minimum Gasteiger partial charge on any atom is -0.464 e. The van der Waals surface area contributed by atoms with Crippen LogP contribution in [-0.4, -0.2) is 22.9 Å². The van der Waals surface area contributed by atoms with Crippen LogP contribution in [0.25, 0.3) is 0 Å². The number of benzene rings is 1. The van der Waals surface area contributed by atoms with E-state index in [1.807, 2.05) is 23.1 Å². The fourth-order valence-electron chi connectivity index (χ4n) is 3.44. The summed E-state index contributed by atoms with van der Waals surface area (Å²) in [6.45, 7) is 3.09. The van der Waals surface area contributed by atoms with Crippen LogP contribution in [0.4, 0.5) is 4.79 Å². The van der Waals surface area contributed by atoms with Crippen LogP contribution >= 0.6 is 0 Å². The molecule has 142 valence electrons. The minimum atomic E-state index is -0.562. The van der Waals surface area contributed by atoms with Crippen LogP contribution in [-0.2, 0) is 13.1 Å². The van der Waals surface area contributed by atoms with Gasteiger partial charge in [-0.3, -0.25) is 4.79 Å². The van der Waals surface area contributed by atoms with Crippen molar-refractivity contribution in [2.24, 2.45) is 11.7 Å². The van der Waals surface area contributed by atoms with Crippen LogP contribution in [0.2, 0.25) is 0 Å². The maximum absolute atomic E-state index is 13.0. The highest BCUT2D eigenvalue weighted by Crippen LogP contribution is 2.47. The van der Waals surface area contributed by atoms with Crippen molar-refractivity contribution in [2.75, 3.05) is 0 Å². The molecule has 2 aliphatic carbocycles. The first-order chi connectivity index (χ1) is 13.0. The lowest BCUT2D eigenvalue weighted by Crippen LogP contribution is -2.32. The van der Waals surface area contributed by atoms with Gasteiger partial charge in [0.15, 0.2) is 0 Å². The minimum absolute atomic E-state index is 0.0182. The lowest BCUT2D eigenvalue weighted by atomic mass is 10.1. The molecule has 2 aliphatic rings. The van der Waals surface area contributed by atoms with E-state index in [1.165, 1.54) is 6.42 Å². The summed E-state index contributed by atoms with van der Waals surface area (Å²) in [4.78, 5) is 25.7. The highest BCUT2D eigenvalue weighted by atomic mass is 16.3. The molecule has 27 heavy (non-hydrogen) atoms. The Hall–Kier alpha value is -2.76. The van der Waals surface area contributed by atoms with Gasteiger partial charge in [0.1, 0.15) is 11.5 Å². The van der Waals surface area contributed by atoms with Crippen molar-refractivity contribution in [1.82, 2.24) is 10.2 Å². The van der Waals surface area contributed by atoms with E-state index in [0.717, 1.165) is 29.9 Å². The van der Waals surface area contributed by atoms with E-state index in [4.69, 9.17) is 10.2 Å². The Morgan fingerprint density at radius 3 is 2.48 bits per heavy atom. The second-order valence-electron chi connectivity index (χ2n) is 7.70. The molecule has 2 atom stereocenters. The van der Waals surface area contributed by atoms with E-state index in [1.54, 1.807) is 12.1 Å². The lowest BCUT2D eigenvalue weighted by molar-refractivity contribution is 0.0716.